The van der Waals surface area contributed by atoms with Crippen molar-refractivity contribution >= 4 is 15.9 Å². The normalized spacial score (nSPS) is 24.9. The molecule has 2 atom stereocenters. The Morgan fingerprint density at radius 2 is 2.07 bits per heavy atom. The highest BCUT2D eigenvalue weighted by Crippen LogP contribution is 2.41. The zero-order valence-corrected chi connectivity index (χ0v) is 10.2. The van der Waals surface area contributed by atoms with E-state index in [-0.39, 0.29) is 0 Å². The van der Waals surface area contributed by atoms with Gasteiger partial charge in [0.1, 0.15) is 11.9 Å². The summed E-state index contributed by atoms with van der Waals surface area (Å²) < 4.78 is 6.41. The summed E-state index contributed by atoms with van der Waals surface area (Å²) in [5, 5.41) is 19.8. The summed E-state index contributed by atoms with van der Waals surface area (Å²) in [5.74, 6) is 0.637. The van der Waals surface area contributed by atoms with Crippen LogP contribution in [0.25, 0.3) is 0 Å². The van der Waals surface area contributed by atoms with Crippen LogP contribution in [0.1, 0.15) is 25.5 Å². The number of benzene rings is 1. The quantitative estimate of drug-likeness (QED) is 0.823. The molecule has 0 aliphatic carbocycles. The highest BCUT2D eigenvalue weighted by atomic mass is 79.9. The maximum atomic E-state index is 10.00. The molecular formula is C11H13BrO3. The van der Waals surface area contributed by atoms with Crippen molar-refractivity contribution in [1.29, 1.82) is 0 Å². The van der Waals surface area contributed by atoms with E-state index in [1.807, 2.05) is 12.1 Å². The maximum absolute atomic E-state index is 10.00. The van der Waals surface area contributed by atoms with E-state index < -0.39 is 17.8 Å². The SMILES string of the molecule is CC(C)(O)[C@@H]1Oc2ccc(Br)cc2[C@@H]1O. The van der Waals surface area contributed by atoms with Crippen LogP contribution < -0.4 is 4.74 Å². The van der Waals surface area contributed by atoms with E-state index in [1.54, 1.807) is 19.9 Å². The lowest BCUT2D eigenvalue weighted by molar-refractivity contribution is -0.0762. The van der Waals surface area contributed by atoms with Gasteiger partial charge in [-0.2, -0.15) is 0 Å². The Balaban J connectivity index is 2.38. The van der Waals surface area contributed by atoms with Crippen molar-refractivity contribution in [3.05, 3.63) is 28.2 Å². The fourth-order valence-corrected chi connectivity index (χ4v) is 2.13. The van der Waals surface area contributed by atoms with Crippen LogP contribution in [0.15, 0.2) is 22.7 Å². The molecule has 1 aliphatic heterocycles. The minimum absolute atomic E-state index is 0.609. The van der Waals surface area contributed by atoms with Crippen LogP contribution >= 0.6 is 15.9 Å². The van der Waals surface area contributed by atoms with Crippen LogP contribution in [0.4, 0.5) is 0 Å². The molecule has 0 saturated carbocycles. The van der Waals surface area contributed by atoms with Crippen molar-refractivity contribution < 1.29 is 14.9 Å². The van der Waals surface area contributed by atoms with Gasteiger partial charge in [-0.3, -0.25) is 0 Å². The molecule has 15 heavy (non-hydrogen) atoms. The topological polar surface area (TPSA) is 49.7 Å². The second-order valence-electron chi connectivity index (χ2n) is 4.32. The molecule has 4 heteroatoms. The third-order valence-corrected chi connectivity index (χ3v) is 3.02. The highest BCUT2D eigenvalue weighted by Gasteiger charge is 2.42. The Hall–Kier alpha value is -0.580. The van der Waals surface area contributed by atoms with Gasteiger partial charge in [-0.15, -0.1) is 0 Å². The van der Waals surface area contributed by atoms with Gasteiger partial charge in [0.05, 0.1) is 5.60 Å². The molecule has 2 rings (SSSR count). The van der Waals surface area contributed by atoms with Crippen molar-refractivity contribution in [2.24, 2.45) is 0 Å². The zero-order valence-electron chi connectivity index (χ0n) is 8.57. The third kappa shape index (κ3) is 1.89. The molecule has 0 unspecified atom stereocenters. The van der Waals surface area contributed by atoms with E-state index in [0.29, 0.717) is 5.75 Å². The standard InChI is InChI=1S/C11H13BrO3/c1-11(2,14)10-9(13)7-5-6(12)3-4-8(7)15-10/h3-5,9-10,13-14H,1-2H3/t9-,10+/m0/s1. The summed E-state index contributed by atoms with van der Waals surface area (Å²) in [6.07, 6.45) is -1.39. The lowest BCUT2D eigenvalue weighted by Gasteiger charge is -2.27. The number of aliphatic hydroxyl groups excluding tert-OH is 1. The van der Waals surface area contributed by atoms with Gasteiger partial charge >= 0.3 is 0 Å². The van der Waals surface area contributed by atoms with Gasteiger partial charge in [0, 0.05) is 10.0 Å². The first-order valence-electron chi connectivity index (χ1n) is 4.76. The average Bonchev–Trinajstić information content (AvgIpc) is 2.43. The third-order valence-electron chi connectivity index (χ3n) is 2.53. The lowest BCUT2D eigenvalue weighted by Crippen LogP contribution is -2.41. The molecule has 1 aromatic rings. The number of hydrogen-bond acceptors (Lipinski definition) is 3. The Morgan fingerprint density at radius 3 is 2.67 bits per heavy atom. The second-order valence-corrected chi connectivity index (χ2v) is 5.23. The number of halogens is 1. The predicted molar refractivity (Wildman–Crippen MR) is 59.8 cm³/mol. The number of fused-ring (bicyclic) bond motifs is 1. The Kier molecular flexibility index (Phi) is 2.53. The molecule has 1 aromatic carbocycles. The smallest absolute Gasteiger partial charge is 0.157 e. The molecule has 0 spiro atoms. The fourth-order valence-electron chi connectivity index (χ4n) is 1.75. The van der Waals surface area contributed by atoms with Crippen LogP contribution in [0.3, 0.4) is 0 Å². The molecule has 0 amide bonds. The van der Waals surface area contributed by atoms with Crippen molar-refractivity contribution in [2.45, 2.75) is 31.7 Å². The summed E-state index contributed by atoms with van der Waals surface area (Å²) in [6, 6.07) is 5.44. The van der Waals surface area contributed by atoms with E-state index in [4.69, 9.17) is 4.74 Å². The number of aliphatic hydroxyl groups is 2. The molecule has 82 valence electrons. The molecule has 1 aliphatic rings. The van der Waals surface area contributed by atoms with Crippen LogP contribution in [-0.2, 0) is 0 Å². The van der Waals surface area contributed by atoms with Crippen molar-refractivity contribution in [1.82, 2.24) is 0 Å². The summed E-state index contributed by atoms with van der Waals surface area (Å²) in [7, 11) is 0. The van der Waals surface area contributed by atoms with Crippen molar-refractivity contribution in [3.8, 4) is 5.75 Å². The van der Waals surface area contributed by atoms with Crippen molar-refractivity contribution in [2.75, 3.05) is 0 Å². The molecule has 2 N–H and O–H groups in total. The van der Waals surface area contributed by atoms with Crippen LogP contribution in [0, 0.1) is 0 Å². The first-order chi connectivity index (χ1) is 6.89. The minimum atomic E-state index is -1.06. The Morgan fingerprint density at radius 1 is 1.40 bits per heavy atom. The highest BCUT2D eigenvalue weighted by molar-refractivity contribution is 9.10. The predicted octanol–water partition coefficient (Wildman–Crippen LogP) is 2.01. The van der Waals surface area contributed by atoms with Crippen molar-refractivity contribution in [3.63, 3.8) is 0 Å². The van der Waals surface area contributed by atoms with Crippen LogP contribution in [-0.4, -0.2) is 21.9 Å². The molecule has 0 saturated heterocycles. The molecule has 0 fully saturated rings. The monoisotopic (exact) mass is 272 g/mol. The molecular weight excluding hydrogens is 260 g/mol. The van der Waals surface area contributed by atoms with E-state index in [1.165, 1.54) is 0 Å². The van der Waals surface area contributed by atoms with Gasteiger partial charge in [0.25, 0.3) is 0 Å². The van der Waals surface area contributed by atoms with E-state index in [2.05, 4.69) is 15.9 Å². The summed E-state index contributed by atoms with van der Waals surface area (Å²) >= 11 is 3.33. The molecule has 3 nitrogen and oxygen atoms in total. The molecule has 0 radical (unpaired) electrons. The van der Waals surface area contributed by atoms with Gasteiger partial charge in [-0.25, -0.2) is 0 Å². The zero-order chi connectivity index (χ0) is 11.2. The summed E-state index contributed by atoms with van der Waals surface area (Å²) in [4.78, 5) is 0. The number of ether oxygens (including phenoxy) is 1. The summed E-state index contributed by atoms with van der Waals surface area (Å²) in [6.45, 7) is 3.25. The van der Waals surface area contributed by atoms with Gasteiger partial charge < -0.3 is 14.9 Å². The summed E-state index contributed by atoms with van der Waals surface area (Å²) in [5.41, 5.74) is -0.346. The first kappa shape index (κ1) is 10.9. The van der Waals surface area contributed by atoms with E-state index >= 15 is 0 Å². The van der Waals surface area contributed by atoms with Crippen LogP contribution in [0.5, 0.6) is 5.75 Å². The minimum Gasteiger partial charge on any atom is -0.484 e. The van der Waals surface area contributed by atoms with E-state index in [0.717, 1.165) is 10.0 Å². The molecule has 1 heterocycles. The van der Waals surface area contributed by atoms with Gasteiger partial charge in [-0.05, 0) is 32.0 Å². The Bertz CT molecular complexity index is 384. The lowest BCUT2D eigenvalue weighted by atomic mass is 9.95. The van der Waals surface area contributed by atoms with E-state index in [9.17, 15) is 10.2 Å². The molecule has 0 bridgehead atoms. The maximum Gasteiger partial charge on any atom is 0.157 e. The molecule has 0 aromatic heterocycles. The second kappa shape index (κ2) is 3.47. The van der Waals surface area contributed by atoms with Gasteiger partial charge in [0.2, 0.25) is 0 Å². The van der Waals surface area contributed by atoms with Crippen LogP contribution in [0.2, 0.25) is 0 Å². The van der Waals surface area contributed by atoms with Gasteiger partial charge in [0.15, 0.2) is 6.10 Å². The first-order valence-corrected chi connectivity index (χ1v) is 5.55. The van der Waals surface area contributed by atoms with Gasteiger partial charge in [-0.1, -0.05) is 15.9 Å². The largest absolute Gasteiger partial charge is 0.484 e. The Labute approximate surface area is 96.8 Å². The fraction of sp³-hybridized carbons (Fsp3) is 0.455. The average molecular weight is 273 g/mol. The number of rotatable bonds is 1. The number of hydrogen-bond donors (Lipinski definition) is 2.